The molecule has 0 heterocycles. The average molecular weight is 275 g/mol. The van der Waals surface area contributed by atoms with Crippen molar-refractivity contribution >= 4 is 29.7 Å². The molecule has 0 aromatic heterocycles. The van der Waals surface area contributed by atoms with Crippen molar-refractivity contribution in [3.8, 4) is 0 Å². The van der Waals surface area contributed by atoms with Crippen molar-refractivity contribution in [2.24, 2.45) is 5.73 Å². The Morgan fingerprint density at radius 2 is 1.32 bits per heavy atom. The van der Waals surface area contributed by atoms with Gasteiger partial charge in [-0.1, -0.05) is 0 Å². The molecule has 0 bridgehead atoms. The summed E-state index contributed by atoms with van der Waals surface area (Å²) in [7, 11) is 0. The molecule has 0 amide bonds. The molecular formula is C9H9NO9-4. The molecule has 1 atom stereocenters. The van der Waals surface area contributed by atoms with Crippen LogP contribution >= 0.6 is 0 Å². The van der Waals surface area contributed by atoms with E-state index in [0.29, 0.717) is 0 Å². The lowest BCUT2D eigenvalue weighted by Gasteiger charge is -2.11. The summed E-state index contributed by atoms with van der Waals surface area (Å²) >= 11 is 0. The molecule has 0 saturated heterocycles. The van der Waals surface area contributed by atoms with Gasteiger partial charge in [-0.25, -0.2) is 0 Å². The monoisotopic (exact) mass is 275 g/mol. The first-order valence-corrected chi connectivity index (χ1v) is 4.68. The SMILES string of the molecule is NC(CC(=O)[O-])C(=O)[O-].O=C([O-])CCC(=O)C(=O)[O-]. The second-order valence-electron chi connectivity index (χ2n) is 3.08. The molecule has 0 aliphatic rings. The van der Waals surface area contributed by atoms with E-state index < -0.39 is 55.0 Å². The number of hydrogen-bond donors (Lipinski definition) is 1. The second kappa shape index (κ2) is 9.53. The molecule has 108 valence electrons. The van der Waals surface area contributed by atoms with Crippen LogP contribution in [0.2, 0.25) is 0 Å². The third-order valence-corrected chi connectivity index (χ3v) is 1.47. The first-order chi connectivity index (χ1) is 8.57. The van der Waals surface area contributed by atoms with Crippen molar-refractivity contribution in [3.05, 3.63) is 0 Å². The molecule has 10 nitrogen and oxygen atoms in total. The predicted molar refractivity (Wildman–Crippen MR) is 46.9 cm³/mol. The Hall–Kier alpha value is -2.49. The number of carbonyl (C=O) groups excluding carboxylic acids is 5. The summed E-state index contributed by atoms with van der Waals surface area (Å²) in [5.41, 5.74) is 4.73. The van der Waals surface area contributed by atoms with Gasteiger partial charge in [0, 0.05) is 30.8 Å². The van der Waals surface area contributed by atoms with Gasteiger partial charge in [0.1, 0.15) is 5.97 Å². The lowest BCUT2D eigenvalue weighted by molar-refractivity contribution is -0.316. The highest BCUT2D eigenvalue weighted by atomic mass is 16.4. The maximum atomic E-state index is 10.1. The number of rotatable bonds is 7. The Bertz CT molecular complexity index is 376. The van der Waals surface area contributed by atoms with Crippen LogP contribution < -0.4 is 26.2 Å². The van der Waals surface area contributed by atoms with E-state index >= 15 is 0 Å². The lowest BCUT2D eigenvalue weighted by Crippen LogP contribution is -2.45. The van der Waals surface area contributed by atoms with E-state index in [0.717, 1.165) is 0 Å². The third-order valence-electron chi connectivity index (χ3n) is 1.47. The standard InChI is InChI=1S/C5H6O5.C4H7NO4/c6-3(5(9)10)1-2-4(7)8;5-2(4(8)9)1-3(6)7/h1-2H2,(H,7,8)(H,9,10);2H,1,5H2,(H,6,7)(H,8,9)/p-4. The highest BCUT2D eigenvalue weighted by Crippen LogP contribution is 1.87. The fourth-order valence-corrected chi connectivity index (χ4v) is 0.581. The van der Waals surface area contributed by atoms with E-state index in [1.54, 1.807) is 0 Å². The molecule has 10 heteroatoms. The van der Waals surface area contributed by atoms with E-state index in [9.17, 15) is 44.4 Å². The van der Waals surface area contributed by atoms with Crippen molar-refractivity contribution in [2.45, 2.75) is 25.3 Å². The average Bonchev–Trinajstić information content (AvgIpc) is 2.25. The van der Waals surface area contributed by atoms with Crippen LogP contribution in [0.25, 0.3) is 0 Å². The van der Waals surface area contributed by atoms with Gasteiger partial charge in [-0.3, -0.25) is 4.79 Å². The Balaban J connectivity index is 0. The second-order valence-corrected chi connectivity index (χ2v) is 3.08. The Morgan fingerprint density at radius 3 is 1.53 bits per heavy atom. The van der Waals surface area contributed by atoms with Crippen molar-refractivity contribution < 1.29 is 44.4 Å². The van der Waals surface area contributed by atoms with Gasteiger partial charge in [0.25, 0.3) is 0 Å². The summed E-state index contributed by atoms with van der Waals surface area (Å²) in [6.45, 7) is 0. The van der Waals surface area contributed by atoms with Gasteiger partial charge in [-0.15, -0.1) is 0 Å². The number of Topliss-reactive ketones (excluding diaryl/α,β-unsaturated/α-hetero) is 1. The zero-order valence-corrected chi connectivity index (χ0v) is 9.45. The normalized spacial score (nSPS) is 10.6. The highest BCUT2D eigenvalue weighted by molar-refractivity contribution is 6.31. The summed E-state index contributed by atoms with van der Waals surface area (Å²) in [4.78, 5) is 48.7. The lowest BCUT2D eigenvalue weighted by atomic mass is 10.2. The van der Waals surface area contributed by atoms with Gasteiger partial charge in [0.15, 0.2) is 5.78 Å². The number of nitrogens with two attached hydrogens (primary N) is 1. The smallest absolute Gasteiger partial charge is 0.178 e. The van der Waals surface area contributed by atoms with Crippen molar-refractivity contribution in [1.82, 2.24) is 0 Å². The van der Waals surface area contributed by atoms with Gasteiger partial charge in [0.05, 0.1) is 5.97 Å². The Morgan fingerprint density at radius 1 is 0.842 bits per heavy atom. The quantitative estimate of drug-likeness (QED) is 0.434. The van der Waals surface area contributed by atoms with Crippen LogP contribution in [0, 0.1) is 0 Å². The van der Waals surface area contributed by atoms with Crippen LogP contribution in [0.15, 0.2) is 0 Å². The first-order valence-electron chi connectivity index (χ1n) is 4.68. The van der Waals surface area contributed by atoms with E-state index in [4.69, 9.17) is 5.73 Å². The zero-order chi connectivity index (χ0) is 15.6. The number of carbonyl (C=O) groups is 5. The minimum absolute atomic E-state index is 0.565. The maximum Gasteiger partial charge on any atom is 0.178 e. The summed E-state index contributed by atoms with van der Waals surface area (Å²) in [6.07, 6.45) is -1.85. The van der Waals surface area contributed by atoms with Gasteiger partial charge < -0.3 is 45.3 Å². The molecule has 0 aromatic carbocycles. The van der Waals surface area contributed by atoms with Gasteiger partial charge in [-0.2, -0.15) is 0 Å². The van der Waals surface area contributed by atoms with Crippen LogP contribution in [-0.4, -0.2) is 35.7 Å². The molecule has 0 radical (unpaired) electrons. The van der Waals surface area contributed by atoms with Crippen LogP contribution in [0.3, 0.4) is 0 Å². The molecule has 0 fully saturated rings. The molecule has 0 aliphatic heterocycles. The Labute approximate surface area is 106 Å². The van der Waals surface area contributed by atoms with Crippen LogP contribution in [-0.2, 0) is 24.0 Å². The molecule has 1 unspecified atom stereocenters. The molecule has 0 saturated carbocycles. The first kappa shape index (κ1) is 18.9. The number of carboxylic acids is 4. The summed E-state index contributed by atoms with van der Waals surface area (Å²) in [6, 6.07) is -1.46. The minimum Gasteiger partial charge on any atom is -0.550 e. The van der Waals surface area contributed by atoms with Crippen LogP contribution in [0.4, 0.5) is 0 Å². The molecule has 0 aromatic rings. The molecular weight excluding hydrogens is 266 g/mol. The number of hydrogen-bond acceptors (Lipinski definition) is 10. The van der Waals surface area contributed by atoms with E-state index in [1.165, 1.54) is 0 Å². The maximum absolute atomic E-state index is 10.1. The zero-order valence-electron chi connectivity index (χ0n) is 9.45. The molecule has 19 heavy (non-hydrogen) atoms. The minimum atomic E-state index is -1.86. The van der Waals surface area contributed by atoms with Gasteiger partial charge in [0.2, 0.25) is 0 Å². The highest BCUT2D eigenvalue weighted by Gasteiger charge is 2.01. The number of carboxylic acid groups (broad SMARTS) is 4. The van der Waals surface area contributed by atoms with Gasteiger partial charge in [-0.05, 0) is 6.42 Å². The number of ketones is 1. The van der Waals surface area contributed by atoms with Gasteiger partial charge >= 0.3 is 0 Å². The Kier molecular flexibility index (Phi) is 9.46. The van der Waals surface area contributed by atoms with Crippen LogP contribution in [0.1, 0.15) is 19.3 Å². The van der Waals surface area contributed by atoms with Crippen molar-refractivity contribution in [2.75, 3.05) is 0 Å². The summed E-state index contributed by atoms with van der Waals surface area (Å²) < 4.78 is 0. The molecule has 0 rings (SSSR count). The topological polar surface area (TPSA) is 204 Å². The summed E-state index contributed by atoms with van der Waals surface area (Å²) in [5.74, 6) is -7.61. The fourth-order valence-electron chi connectivity index (χ4n) is 0.581. The van der Waals surface area contributed by atoms with E-state index in [2.05, 4.69) is 0 Å². The van der Waals surface area contributed by atoms with Crippen molar-refractivity contribution in [1.29, 1.82) is 0 Å². The third kappa shape index (κ3) is 13.4. The van der Waals surface area contributed by atoms with E-state index in [-0.39, 0.29) is 0 Å². The summed E-state index contributed by atoms with van der Waals surface area (Å²) in [5, 5.41) is 38.6. The fraction of sp³-hybridized carbons (Fsp3) is 0.444. The number of aliphatic carboxylic acids is 4. The molecule has 2 N–H and O–H groups in total. The van der Waals surface area contributed by atoms with Crippen molar-refractivity contribution in [3.63, 3.8) is 0 Å². The largest absolute Gasteiger partial charge is 0.550 e. The molecule has 0 aliphatic carbocycles. The predicted octanol–water partition coefficient (Wildman–Crippen LogP) is -6.96. The molecule has 0 spiro atoms. The van der Waals surface area contributed by atoms with Crippen LogP contribution in [0.5, 0.6) is 0 Å². The van der Waals surface area contributed by atoms with E-state index in [1.807, 2.05) is 0 Å².